The molecule has 2 nitrogen and oxygen atoms in total. The molecule has 10 heavy (non-hydrogen) atoms. The third-order valence-corrected chi connectivity index (χ3v) is 2.60. The van der Waals surface area contributed by atoms with Crippen molar-refractivity contribution in [2.45, 2.75) is 27.2 Å². The average Bonchev–Trinajstić information content (AvgIpc) is 2.15. The van der Waals surface area contributed by atoms with Gasteiger partial charge in [-0.2, -0.15) is 0 Å². The van der Waals surface area contributed by atoms with Crippen molar-refractivity contribution >= 4 is 5.97 Å². The van der Waals surface area contributed by atoms with Crippen LogP contribution in [0.25, 0.3) is 0 Å². The second-order valence-electron chi connectivity index (χ2n) is 3.46. The molecule has 0 aliphatic carbocycles. The van der Waals surface area contributed by atoms with Crippen LogP contribution in [-0.2, 0) is 9.53 Å². The van der Waals surface area contributed by atoms with Crippen molar-refractivity contribution in [2.75, 3.05) is 6.61 Å². The van der Waals surface area contributed by atoms with Crippen LogP contribution in [0.4, 0.5) is 0 Å². The minimum absolute atomic E-state index is 0.0255. The number of esters is 1. The molecule has 1 atom stereocenters. The van der Waals surface area contributed by atoms with E-state index in [1.165, 1.54) is 0 Å². The summed E-state index contributed by atoms with van der Waals surface area (Å²) in [6.07, 6.45) is 0.878. The lowest BCUT2D eigenvalue weighted by Crippen LogP contribution is -2.28. The Labute approximate surface area is 61.6 Å². The second kappa shape index (κ2) is 2.26. The van der Waals surface area contributed by atoms with Gasteiger partial charge in [0.05, 0.1) is 12.0 Å². The van der Waals surface area contributed by atoms with Gasteiger partial charge in [-0.3, -0.25) is 4.79 Å². The smallest absolute Gasteiger partial charge is 0.312 e. The predicted molar refractivity (Wildman–Crippen MR) is 38.5 cm³/mol. The van der Waals surface area contributed by atoms with Crippen LogP contribution in [0.5, 0.6) is 0 Å². The fraction of sp³-hybridized carbons (Fsp3) is 0.875. The van der Waals surface area contributed by atoms with E-state index < -0.39 is 0 Å². The molecule has 0 saturated carbocycles. The van der Waals surface area contributed by atoms with E-state index in [0.717, 1.165) is 6.42 Å². The molecule has 0 bridgehead atoms. The molecule has 0 amide bonds. The molecule has 2 heteroatoms. The minimum atomic E-state index is -0.208. The van der Waals surface area contributed by atoms with Gasteiger partial charge in [-0.05, 0) is 19.3 Å². The molecule has 1 fully saturated rings. The number of carbonyl (C=O) groups is 1. The van der Waals surface area contributed by atoms with Crippen LogP contribution in [0, 0.1) is 11.3 Å². The Hall–Kier alpha value is -0.530. The summed E-state index contributed by atoms with van der Waals surface area (Å²) in [6, 6.07) is 0. The van der Waals surface area contributed by atoms with E-state index in [2.05, 4.69) is 13.8 Å². The first-order valence-corrected chi connectivity index (χ1v) is 3.74. The number of hydrogen-bond acceptors (Lipinski definition) is 2. The topological polar surface area (TPSA) is 26.3 Å². The number of cyclic esters (lactones) is 1. The summed E-state index contributed by atoms with van der Waals surface area (Å²) >= 11 is 0. The van der Waals surface area contributed by atoms with Crippen molar-refractivity contribution in [1.29, 1.82) is 0 Å². The van der Waals surface area contributed by atoms with Gasteiger partial charge in [0.1, 0.15) is 0 Å². The van der Waals surface area contributed by atoms with Crippen LogP contribution in [0.3, 0.4) is 0 Å². The van der Waals surface area contributed by atoms with Crippen LogP contribution in [-0.4, -0.2) is 12.6 Å². The third kappa shape index (κ3) is 0.917. The molecule has 0 aromatic heterocycles. The van der Waals surface area contributed by atoms with E-state index in [0.29, 0.717) is 12.5 Å². The highest BCUT2D eigenvalue weighted by Gasteiger charge is 2.42. The fourth-order valence-corrected chi connectivity index (χ4v) is 1.15. The van der Waals surface area contributed by atoms with E-state index in [9.17, 15) is 4.79 Å². The summed E-state index contributed by atoms with van der Waals surface area (Å²) in [6.45, 7) is 6.71. The lowest BCUT2D eigenvalue weighted by Gasteiger charge is -2.22. The summed E-state index contributed by atoms with van der Waals surface area (Å²) in [5.74, 6) is 0.366. The zero-order valence-electron chi connectivity index (χ0n) is 6.81. The molecule has 0 N–H and O–H groups in total. The van der Waals surface area contributed by atoms with Gasteiger partial charge in [0, 0.05) is 0 Å². The molecule has 1 unspecified atom stereocenters. The molecular weight excluding hydrogens is 128 g/mol. The van der Waals surface area contributed by atoms with Gasteiger partial charge in [-0.25, -0.2) is 0 Å². The Morgan fingerprint density at radius 3 is 2.40 bits per heavy atom. The Morgan fingerprint density at radius 1 is 1.60 bits per heavy atom. The molecule has 0 spiro atoms. The van der Waals surface area contributed by atoms with Crippen molar-refractivity contribution in [3.63, 3.8) is 0 Å². The molecule has 58 valence electrons. The van der Waals surface area contributed by atoms with Gasteiger partial charge in [0.25, 0.3) is 0 Å². The van der Waals surface area contributed by atoms with Crippen LogP contribution < -0.4 is 0 Å². The van der Waals surface area contributed by atoms with Crippen LogP contribution in [0.2, 0.25) is 0 Å². The van der Waals surface area contributed by atoms with Crippen molar-refractivity contribution in [3.8, 4) is 0 Å². The normalized spacial score (nSPS) is 33.0. The summed E-state index contributed by atoms with van der Waals surface area (Å²) < 4.78 is 4.89. The maximum absolute atomic E-state index is 11.1. The highest BCUT2D eigenvalue weighted by atomic mass is 16.5. The van der Waals surface area contributed by atoms with Crippen LogP contribution in [0.15, 0.2) is 0 Å². The minimum Gasteiger partial charge on any atom is -0.465 e. The maximum atomic E-state index is 11.1. The first-order valence-electron chi connectivity index (χ1n) is 3.74. The standard InChI is InChI=1S/C8H14O2/c1-6(2)8(3)4-5-10-7(8)9/h6H,4-5H2,1-3H3. The largest absolute Gasteiger partial charge is 0.465 e. The van der Waals surface area contributed by atoms with E-state index in [1.807, 2.05) is 6.92 Å². The number of ether oxygens (including phenoxy) is 1. The van der Waals surface area contributed by atoms with Gasteiger partial charge in [0.2, 0.25) is 0 Å². The Balaban J connectivity index is 2.75. The zero-order valence-corrected chi connectivity index (χ0v) is 6.81. The average molecular weight is 142 g/mol. The summed E-state index contributed by atoms with van der Waals surface area (Å²) in [5.41, 5.74) is -0.208. The van der Waals surface area contributed by atoms with Crippen LogP contribution >= 0.6 is 0 Å². The summed E-state index contributed by atoms with van der Waals surface area (Å²) in [5, 5.41) is 0. The van der Waals surface area contributed by atoms with Gasteiger partial charge in [-0.15, -0.1) is 0 Å². The first kappa shape index (κ1) is 7.58. The van der Waals surface area contributed by atoms with E-state index in [1.54, 1.807) is 0 Å². The molecule has 0 aromatic rings. The third-order valence-electron chi connectivity index (χ3n) is 2.60. The Kier molecular flexibility index (Phi) is 1.71. The van der Waals surface area contributed by atoms with E-state index in [4.69, 9.17) is 4.74 Å². The van der Waals surface area contributed by atoms with Crippen molar-refractivity contribution in [2.24, 2.45) is 11.3 Å². The first-order chi connectivity index (χ1) is 4.57. The fourth-order valence-electron chi connectivity index (χ4n) is 1.15. The van der Waals surface area contributed by atoms with E-state index in [-0.39, 0.29) is 11.4 Å². The molecule has 1 aliphatic heterocycles. The van der Waals surface area contributed by atoms with Crippen molar-refractivity contribution in [1.82, 2.24) is 0 Å². The summed E-state index contributed by atoms with van der Waals surface area (Å²) in [7, 11) is 0. The number of rotatable bonds is 1. The Bertz CT molecular complexity index is 151. The molecular formula is C8H14O2. The molecule has 1 aliphatic rings. The summed E-state index contributed by atoms with van der Waals surface area (Å²) in [4.78, 5) is 11.1. The molecule has 1 heterocycles. The molecule has 0 radical (unpaired) electrons. The van der Waals surface area contributed by atoms with Gasteiger partial charge >= 0.3 is 5.97 Å². The zero-order chi connectivity index (χ0) is 7.78. The Morgan fingerprint density at radius 2 is 2.20 bits per heavy atom. The van der Waals surface area contributed by atoms with E-state index >= 15 is 0 Å². The second-order valence-corrected chi connectivity index (χ2v) is 3.46. The lowest BCUT2D eigenvalue weighted by molar-refractivity contribution is -0.147. The van der Waals surface area contributed by atoms with Crippen molar-refractivity contribution < 1.29 is 9.53 Å². The molecule has 1 saturated heterocycles. The molecule has 0 aromatic carbocycles. The number of carbonyl (C=O) groups excluding carboxylic acids is 1. The molecule has 1 rings (SSSR count). The van der Waals surface area contributed by atoms with Gasteiger partial charge in [0.15, 0.2) is 0 Å². The van der Waals surface area contributed by atoms with Gasteiger partial charge < -0.3 is 4.74 Å². The number of hydrogen-bond donors (Lipinski definition) is 0. The lowest BCUT2D eigenvalue weighted by atomic mass is 9.78. The highest BCUT2D eigenvalue weighted by Crippen LogP contribution is 2.36. The SMILES string of the molecule is CC(C)C1(C)CCOC1=O. The monoisotopic (exact) mass is 142 g/mol. The van der Waals surface area contributed by atoms with Gasteiger partial charge in [-0.1, -0.05) is 13.8 Å². The quantitative estimate of drug-likeness (QED) is 0.520. The highest BCUT2D eigenvalue weighted by molar-refractivity contribution is 5.78. The maximum Gasteiger partial charge on any atom is 0.312 e. The van der Waals surface area contributed by atoms with Crippen LogP contribution in [0.1, 0.15) is 27.2 Å². The predicted octanol–water partition coefficient (Wildman–Crippen LogP) is 1.60. The van der Waals surface area contributed by atoms with Crippen molar-refractivity contribution in [3.05, 3.63) is 0 Å².